The minimum absolute atomic E-state index is 0.0726. The highest BCUT2D eigenvalue weighted by Gasteiger charge is 2.14. The van der Waals surface area contributed by atoms with Crippen molar-refractivity contribution in [2.45, 2.75) is 6.54 Å². The molecule has 0 bridgehead atoms. The highest BCUT2D eigenvalue weighted by molar-refractivity contribution is 5.81. The van der Waals surface area contributed by atoms with Crippen LogP contribution in [-0.4, -0.2) is 16.7 Å². The Kier molecular flexibility index (Phi) is 4.23. The van der Waals surface area contributed by atoms with Gasteiger partial charge in [-0.2, -0.15) is 0 Å². The van der Waals surface area contributed by atoms with E-state index in [0.29, 0.717) is 29.0 Å². The lowest BCUT2D eigenvalue weighted by Crippen LogP contribution is -2.24. The summed E-state index contributed by atoms with van der Waals surface area (Å²) in [6, 6.07) is 25.1. The summed E-state index contributed by atoms with van der Waals surface area (Å²) in [4.78, 5) is 18.0. The number of hydrogen-bond acceptors (Lipinski definition) is 3. The molecule has 0 saturated carbocycles. The van der Waals surface area contributed by atoms with Crippen LogP contribution >= 0.6 is 0 Å². The fourth-order valence-electron chi connectivity index (χ4n) is 3.05. The molecular weight excluding hydrogens is 324 g/mol. The van der Waals surface area contributed by atoms with E-state index in [1.165, 1.54) is 0 Å². The van der Waals surface area contributed by atoms with Crippen LogP contribution in [0.15, 0.2) is 83.7 Å². The van der Waals surface area contributed by atoms with Crippen LogP contribution in [0.3, 0.4) is 0 Å². The molecule has 0 aliphatic rings. The molecule has 0 aliphatic heterocycles. The first-order chi connectivity index (χ1) is 12.8. The van der Waals surface area contributed by atoms with Gasteiger partial charge in [0.1, 0.15) is 11.6 Å². The average molecular weight is 342 g/mol. The molecule has 1 heterocycles. The second-order valence-corrected chi connectivity index (χ2v) is 6.06. The number of ether oxygens (including phenoxy) is 1. The second-order valence-electron chi connectivity index (χ2n) is 6.06. The van der Waals surface area contributed by atoms with E-state index in [0.717, 1.165) is 11.1 Å². The van der Waals surface area contributed by atoms with Gasteiger partial charge in [-0.05, 0) is 23.8 Å². The van der Waals surface area contributed by atoms with Crippen molar-refractivity contribution in [1.29, 1.82) is 0 Å². The van der Waals surface area contributed by atoms with Crippen molar-refractivity contribution in [2.24, 2.45) is 0 Å². The maximum atomic E-state index is 13.3. The Morgan fingerprint density at radius 1 is 0.923 bits per heavy atom. The van der Waals surface area contributed by atoms with E-state index in [9.17, 15) is 4.79 Å². The summed E-state index contributed by atoms with van der Waals surface area (Å²) in [5.41, 5.74) is 2.56. The molecule has 4 rings (SSSR count). The van der Waals surface area contributed by atoms with Crippen molar-refractivity contribution in [2.75, 3.05) is 7.11 Å². The number of rotatable bonds is 4. The highest BCUT2D eigenvalue weighted by atomic mass is 16.5. The van der Waals surface area contributed by atoms with Gasteiger partial charge in [0.15, 0.2) is 0 Å². The molecule has 0 spiro atoms. The van der Waals surface area contributed by atoms with Crippen molar-refractivity contribution in [1.82, 2.24) is 9.55 Å². The van der Waals surface area contributed by atoms with E-state index >= 15 is 0 Å². The molecule has 0 radical (unpaired) electrons. The molecule has 0 unspecified atom stereocenters. The first kappa shape index (κ1) is 16.1. The summed E-state index contributed by atoms with van der Waals surface area (Å²) in [6.07, 6.45) is 0. The molecule has 0 aliphatic carbocycles. The van der Waals surface area contributed by atoms with Crippen molar-refractivity contribution in [3.05, 3.63) is 94.8 Å². The summed E-state index contributed by atoms with van der Waals surface area (Å²) in [5.74, 6) is 1.31. The molecule has 0 fully saturated rings. The van der Waals surface area contributed by atoms with Gasteiger partial charge in [0, 0.05) is 5.56 Å². The van der Waals surface area contributed by atoms with Crippen molar-refractivity contribution >= 4 is 10.9 Å². The van der Waals surface area contributed by atoms with Gasteiger partial charge >= 0.3 is 0 Å². The number of aromatic nitrogens is 2. The fraction of sp³-hybridized carbons (Fsp3) is 0.0909. The van der Waals surface area contributed by atoms with Gasteiger partial charge in [-0.25, -0.2) is 4.98 Å². The van der Waals surface area contributed by atoms with Gasteiger partial charge in [-0.3, -0.25) is 9.36 Å². The van der Waals surface area contributed by atoms with E-state index in [4.69, 9.17) is 9.72 Å². The first-order valence-corrected chi connectivity index (χ1v) is 8.44. The lowest BCUT2D eigenvalue weighted by Gasteiger charge is -2.14. The molecule has 0 atom stereocenters. The molecule has 4 nitrogen and oxygen atoms in total. The van der Waals surface area contributed by atoms with E-state index in [1.807, 2.05) is 72.8 Å². The summed E-state index contributed by atoms with van der Waals surface area (Å²) in [6.45, 7) is 0.462. The molecule has 0 N–H and O–H groups in total. The quantitative estimate of drug-likeness (QED) is 0.560. The standard InChI is InChI=1S/C22H18N2O2/c1-26-18-12-13-20-19(14-18)22(25)24(15-16-8-4-2-5-9-16)21(23-20)17-10-6-3-7-11-17/h2-14H,15H2,1H3. The lowest BCUT2D eigenvalue weighted by atomic mass is 10.1. The van der Waals surface area contributed by atoms with Crippen molar-refractivity contribution < 1.29 is 4.74 Å². The van der Waals surface area contributed by atoms with E-state index in [2.05, 4.69) is 0 Å². The van der Waals surface area contributed by atoms with Crippen LogP contribution in [0.1, 0.15) is 5.56 Å². The lowest BCUT2D eigenvalue weighted by molar-refractivity contribution is 0.415. The van der Waals surface area contributed by atoms with Gasteiger partial charge in [-0.1, -0.05) is 60.7 Å². The van der Waals surface area contributed by atoms with Gasteiger partial charge in [0.2, 0.25) is 0 Å². The molecule has 4 aromatic rings. The Labute approximate surface area is 151 Å². The van der Waals surface area contributed by atoms with Gasteiger partial charge in [0.25, 0.3) is 5.56 Å². The minimum atomic E-state index is -0.0726. The Morgan fingerprint density at radius 3 is 2.31 bits per heavy atom. The van der Waals surface area contributed by atoms with Crippen LogP contribution in [0.5, 0.6) is 5.75 Å². The molecule has 0 amide bonds. The smallest absolute Gasteiger partial charge is 0.262 e. The zero-order valence-electron chi connectivity index (χ0n) is 14.4. The Balaban J connectivity index is 1.98. The SMILES string of the molecule is COc1ccc2nc(-c3ccccc3)n(Cc3ccccc3)c(=O)c2c1. The third kappa shape index (κ3) is 2.97. The Hall–Kier alpha value is -3.40. The fourth-order valence-corrected chi connectivity index (χ4v) is 3.05. The molecule has 3 aromatic carbocycles. The largest absolute Gasteiger partial charge is 0.497 e. The minimum Gasteiger partial charge on any atom is -0.497 e. The first-order valence-electron chi connectivity index (χ1n) is 8.44. The van der Waals surface area contributed by atoms with Crippen LogP contribution in [0.4, 0.5) is 0 Å². The van der Waals surface area contributed by atoms with Gasteiger partial charge < -0.3 is 4.74 Å². The summed E-state index contributed by atoms with van der Waals surface area (Å²) < 4.78 is 7.00. The summed E-state index contributed by atoms with van der Waals surface area (Å²) >= 11 is 0. The number of fused-ring (bicyclic) bond motifs is 1. The topological polar surface area (TPSA) is 44.1 Å². The van der Waals surface area contributed by atoms with Crippen LogP contribution in [0.2, 0.25) is 0 Å². The maximum Gasteiger partial charge on any atom is 0.262 e. The molecule has 4 heteroatoms. The molecular formula is C22H18N2O2. The number of hydrogen-bond donors (Lipinski definition) is 0. The van der Waals surface area contributed by atoms with Crippen LogP contribution in [0, 0.1) is 0 Å². The zero-order chi connectivity index (χ0) is 17.9. The van der Waals surface area contributed by atoms with Crippen molar-refractivity contribution in [3.63, 3.8) is 0 Å². The van der Waals surface area contributed by atoms with E-state index in [-0.39, 0.29) is 5.56 Å². The molecule has 26 heavy (non-hydrogen) atoms. The predicted octanol–water partition coefficient (Wildman–Crippen LogP) is 4.12. The van der Waals surface area contributed by atoms with E-state index < -0.39 is 0 Å². The zero-order valence-corrected chi connectivity index (χ0v) is 14.4. The van der Waals surface area contributed by atoms with Gasteiger partial charge in [0.05, 0.1) is 24.6 Å². The number of methoxy groups -OCH3 is 1. The monoisotopic (exact) mass is 342 g/mol. The second kappa shape index (κ2) is 6.84. The number of benzene rings is 3. The third-order valence-corrected chi connectivity index (χ3v) is 4.38. The van der Waals surface area contributed by atoms with Crippen LogP contribution < -0.4 is 10.3 Å². The predicted molar refractivity (Wildman–Crippen MR) is 104 cm³/mol. The van der Waals surface area contributed by atoms with E-state index in [1.54, 1.807) is 17.7 Å². The Bertz CT molecular complexity index is 1100. The third-order valence-electron chi connectivity index (χ3n) is 4.38. The van der Waals surface area contributed by atoms with Crippen LogP contribution in [-0.2, 0) is 6.54 Å². The molecule has 1 aromatic heterocycles. The highest BCUT2D eigenvalue weighted by Crippen LogP contribution is 2.22. The molecule has 0 saturated heterocycles. The van der Waals surface area contributed by atoms with Gasteiger partial charge in [-0.15, -0.1) is 0 Å². The maximum absolute atomic E-state index is 13.3. The molecule has 128 valence electrons. The van der Waals surface area contributed by atoms with Crippen molar-refractivity contribution in [3.8, 4) is 17.1 Å². The normalized spacial score (nSPS) is 10.8. The average Bonchev–Trinajstić information content (AvgIpc) is 2.71. The summed E-state index contributed by atoms with van der Waals surface area (Å²) in [7, 11) is 1.59. The van der Waals surface area contributed by atoms with Crippen LogP contribution in [0.25, 0.3) is 22.3 Å². The number of nitrogens with zero attached hydrogens (tertiary/aromatic N) is 2. The Morgan fingerprint density at radius 2 is 1.62 bits per heavy atom. The summed E-state index contributed by atoms with van der Waals surface area (Å²) in [5, 5.41) is 0.556.